The maximum Gasteiger partial charge on any atom is 0.0554 e. The Balaban J connectivity index is 1.60. The molecule has 0 saturated carbocycles. The third-order valence-electron chi connectivity index (χ3n) is 4.21. The van der Waals surface area contributed by atoms with Crippen LogP contribution in [0, 0.1) is 5.41 Å². The van der Waals surface area contributed by atoms with Gasteiger partial charge in [-0.25, -0.2) is 0 Å². The predicted octanol–water partition coefficient (Wildman–Crippen LogP) is 2.41. The standard InChI is InChI=1S/C16H24N2O/c1-16(12-19-13-16)11-17-10-14-6-2-3-7-15(14)18-8-4-5-9-18/h2-3,6-7,17H,4-5,8-13H2,1H3. The predicted molar refractivity (Wildman–Crippen MR) is 78.5 cm³/mol. The fourth-order valence-corrected chi connectivity index (χ4v) is 2.98. The molecule has 104 valence electrons. The molecule has 1 aromatic carbocycles. The van der Waals surface area contributed by atoms with Gasteiger partial charge in [0.15, 0.2) is 0 Å². The SMILES string of the molecule is CC1(CNCc2ccccc2N2CCCC2)COC1. The van der Waals surface area contributed by atoms with Crippen LogP contribution in [-0.2, 0) is 11.3 Å². The molecule has 3 nitrogen and oxygen atoms in total. The average molecular weight is 260 g/mol. The van der Waals surface area contributed by atoms with Crippen molar-refractivity contribution in [3.05, 3.63) is 29.8 Å². The van der Waals surface area contributed by atoms with Crippen LogP contribution in [-0.4, -0.2) is 32.8 Å². The lowest BCUT2D eigenvalue weighted by Gasteiger charge is -2.38. The molecule has 19 heavy (non-hydrogen) atoms. The van der Waals surface area contributed by atoms with Gasteiger partial charge in [-0.05, 0) is 24.5 Å². The van der Waals surface area contributed by atoms with E-state index in [0.29, 0.717) is 5.41 Å². The molecule has 0 bridgehead atoms. The molecule has 0 aromatic heterocycles. The van der Waals surface area contributed by atoms with Crippen molar-refractivity contribution in [1.29, 1.82) is 0 Å². The minimum atomic E-state index is 0.350. The van der Waals surface area contributed by atoms with Crippen molar-refractivity contribution in [2.75, 3.05) is 37.7 Å². The third-order valence-corrected chi connectivity index (χ3v) is 4.21. The molecule has 2 aliphatic rings. The Morgan fingerprint density at radius 3 is 2.63 bits per heavy atom. The van der Waals surface area contributed by atoms with E-state index in [1.54, 1.807) is 0 Å². The van der Waals surface area contributed by atoms with Gasteiger partial charge in [-0.1, -0.05) is 25.1 Å². The molecule has 0 radical (unpaired) electrons. The van der Waals surface area contributed by atoms with Crippen LogP contribution in [0.3, 0.4) is 0 Å². The zero-order valence-electron chi connectivity index (χ0n) is 11.8. The third kappa shape index (κ3) is 2.93. The number of anilines is 1. The molecule has 3 heteroatoms. The highest BCUT2D eigenvalue weighted by Crippen LogP contribution is 2.27. The molecule has 2 aliphatic heterocycles. The summed E-state index contributed by atoms with van der Waals surface area (Å²) >= 11 is 0. The Hall–Kier alpha value is -1.06. The summed E-state index contributed by atoms with van der Waals surface area (Å²) in [6.07, 6.45) is 2.66. The molecule has 1 N–H and O–H groups in total. The van der Waals surface area contributed by atoms with E-state index in [0.717, 1.165) is 26.3 Å². The van der Waals surface area contributed by atoms with Crippen molar-refractivity contribution in [1.82, 2.24) is 5.32 Å². The lowest BCUT2D eigenvalue weighted by molar-refractivity contribution is -0.0991. The number of para-hydroxylation sites is 1. The van der Waals surface area contributed by atoms with Crippen LogP contribution in [0.4, 0.5) is 5.69 Å². The van der Waals surface area contributed by atoms with Gasteiger partial charge in [0.2, 0.25) is 0 Å². The fraction of sp³-hybridized carbons (Fsp3) is 0.625. The number of ether oxygens (including phenoxy) is 1. The molecule has 3 rings (SSSR count). The molecule has 2 saturated heterocycles. The Morgan fingerprint density at radius 1 is 1.21 bits per heavy atom. The van der Waals surface area contributed by atoms with Gasteiger partial charge in [-0.3, -0.25) is 0 Å². The molecule has 2 fully saturated rings. The Morgan fingerprint density at radius 2 is 1.95 bits per heavy atom. The zero-order chi connectivity index (χ0) is 13.1. The number of hydrogen-bond acceptors (Lipinski definition) is 3. The monoisotopic (exact) mass is 260 g/mol. The second-order valence-electron chi connectivity index (χ2n) is 6.23. The van der Waals surface area contributed by atoms with E-state index in [4.69, 9.17) is 4.74 Å². The highest BCUT2D eigenvalue weighted by molar-refractivity contribution is 5.54. The van der Waals surface area contributed by atoms with E-state index in [9.17, 15) is 0 Å². The number of hydrogen-bond donors (Lipinski definition) is 1. The number of rotatable bonds is 5. The Bertz CT molecular complexity index is 423. The smallest absolute Gasteiger partial charge is 0.0554 e. The zero-order valence-corrected chi connectivity index (χ0v) is 11.8. The lowest BCUT2D eigenvalue weighted by atomic mass is 9.89. The normalized spacial score (nSPS) is 21.4. The van der Waals surface area contributed by atoms with E-state index in [-0.39, 0.29) is 0 Å². The summed E-state index contributed by atoms with van der Waals surface area (Å²) in [4.78, 5) is 2.52. The van der Waals surface area contributed by atoms with Crippen molar-refractivity contribution < 1.29 is 4.74 Å². The van der Waals surface area contributed by atoms with Gasteiger partial charge in [0.1, 0.15) is 0 Å². The number of benzene rings is 1. The van der Waals surface area contributed by atoms with Crippen molar-refractivity contribution in [2.45, 2.75) is 26.3 Å². The van der Waals surface area contributed by atoms with Gasteiger partial charge in [0, 0.05) is 37.3 Å². The van der Waals surface area contributed by atoms with Gasteiger partial charge < -0.3 is 15.0 Å². The van der Waals surface area contributed by atoms with Crippen molar-refractivity contribution in [2.24, 2.45) is 5.41 Å². The van der Waals surface area contributed by atoms with Crippen LogP contribution in [0.25, 0.3) is 0 Å². The van der Waals surface area contributed by atoms with Crippen LogP contribution >= 0.6 is 0 Å². The fourth-order valence-electron chi connectivity index (χ4n) is 2.98. The van der Waals surface area contributed by atoms with Crippen molar-refractivity contribution in [3.8, 4) is 0 Å². The Labute approximate surface area is 115 Å². The topological polar surface area (TPSA) is 24.5 Å². The van der Waals surface area contributed by atoms with Crippen LogP contribution in [0.5, 0.6) is 0 Å². The maximum atomic E-state index is 5.30. The van der Waals surface area contributed by atoms with Crippen molar-refractivity contribution in [3.63, 3.8) is 0 Å². The highest BCUT2D eigenvalue weighted by atomic mass is 16.5. The Kier molecular flexibility index (Phi) is 3.76. The van der Waals surface area contributed by atoms with E-state index in [2.05, 4.69) is 41.4 Å². The second kappa shape index (κ2) is 5.51. The lowest BCUT2D eigenvalue weighted by Crippen LogP contribution is -2.47. The van der Waals surface area contributed by atoms with E-state index in [1.165, 1.54) is 37.2 Å². The summed E-state index contributed by atoms with van der Waals surface area (Å²) in [5, 5.41) is 3.60. The van der Waals surface area contributed by atoms with Gasteiger partial charge in [-0.15, -0.1) is 0 Å². The van der Waals surface area contributed by atoms with Gasteiger partial charge in [0.05, 0.1) is 13.2 Å². The summed E-state index contributed by atoms with van der Waals surface area (Å²) in [7, 11) is 0. The van der Waals surface area contributed by atoms with Crippen LogP contribution < -0.4 is 10.2 Å². The van der Waals surface area contributed by atoms with E-state index in [1.807, 2.05) is 0 Å². The van der Waals surface area contributed by atoms with E-state index < -0.39 is 0 Å². The molecule has 1 aromatic rings. The summed E-state index contributed by atoms with van der Waals surface area (Å²) in [5.74, 6) is 0. The molecular formula is C16H24N2O. The van der Waals surface area contributed by atoms with E-state index >= 15 is 0 Å². The quantitative estimate of drug-likeness (QED) is 0.880. The second-order valence-corrected chi connectivity index (χ2v) is 6.23. The first-order valence-electron chi connectivity index (χ1n) is 7.38. The number of nitrogens with one attached hydrogen (secondary N) is 1. The first kappa shape index (κ1) is 12.9. The number of nitrogens with zero attached hydrogens (tertiary/aromatic N) is 1. The minimum Gasteiger partial charge on any atom is -0.380 e. The first-order valence-corrected chi connectivity index (χ1v) is 7.38. The molecule has 0 unspecified atom stereocenters. The van der Waals surface area contributed by atoms with Gasteiger partial charge in [0.25, 0.3) is 0 Å². The molecule has 0 amide bonds. The molecule has 2 heterocycles. The summed E-state index contributed by atoms with van der Waals surface area (Å²) in [6.45, 7) is 8.51. The van der Waals surface area contributed by atoms with Crippen LogP contribution in [0.1, 0.15) is 25.3 Å². The summed E-state index contributed by atoms with van der Waals surface area (Å²) in [6, 6.07) is 8.81. The largest absolute Gasteiger partial charge is 0.380 e. The van der Waals surface area contributed by atoms with Crippen molar-refractivity contribution >= 4 is 5.69 Å². The van der Waals surface area contributed by atoms with Gasteiger partial charge >= 0.3 is 0 Å². The first-order chi connectivity index (χ1) is 9.27. The van der Waals surface area contributed by atoms with Gasteiger partial charge in [-0.2, -0.15) is 0 Å². The highest BCUT2D eigenvalue weighted by Gasteiger charge is 2.32. The molecule has 0 spiro atoms. The summed E-state index contributed by atoms with van der Waals surface area (Å²) in [5.41, 5.74) is 3.19. The maximum absolute atomic E-state index is 5.30. The molecular weight excluding hydrogens is 236 g/mol. The average Bonchev–Trinajstić information content (AvgIpc) is 2.91. The molecule has 0 aliphatic carbocycles. The van der Waals surface area contributed by atoms with Crippen LogP contribution in [0.15, 0.2) is 24.3 Å². The van der Waals surface area contributed by atoms with Crippen LogP contribution in [0.2, 0.25) is 0 Å². The summed E-state index contributed by atoms with van der Waals surface area (Å²) < 4.78 is 5.30. The minimum absolute atomic E-state index is 0.350. The molecule has 0 atom stereocenters.